The third-order valence-corrected chi connectivity index (χ3v) is 5.72. The number of fused-ring (bicyclic) bond motifs is 2. The molecule has 1 saturated carbocycles. The number of likely N-dealkylation sites (tertiary alicyclic amines) is 1. The molecular formula is C19H24N2O3. The van der Waals surface area contributed by atoms with Gasteiger partial charge in [0.15, 0.2) is 0 Å². The number of hydrogen-bond acceptors (Lipinski definition) is 3. The van der Waals surface area contributed by atoms with Gasteiger partial charge in [0.25, 0.3) is 5.91 Å². The van der Waals surface area contributed by atoms with Crippen molar-refractivity contribution in [2.24, 2.45) is 5.92 Å². The maximum atomic E-state index is 12.8. The Bertz CT molecular complexity index is 654. The fourth-order valence-corrected chi connectivity index (χ4v) is 4.28. The molecule has 3 aliphatic rings. The molecule has 2 atom stereocenters. The summed E-state index contributed by atoms with van der Waals surface area (Å²) >= 11 is 0. The van der Waals surface area contributed by atoms with Crippen LogP contribution in [0.5, 0.6) is 5.75 Å². The van der Waals surface area contributed by atoms with Gasteiger partial charge in [0.05, 0.1) is 18.2 Å². The second-order valence-electron chi connectivity index (χ2n) is 7.21. The lowest BCUT2D eigenvalue weighted by atomic mass is 9.88. The van der Waals surface area contributed by atoms with Gasteiger partial charge in [-0.3, -0.25) is 9.59 Å². The number of para-hydroxylation sites is 1. The number of rotatable bonds is 1. The van der Waals surface area contributed by atoms with Gasteiger partial charge in [-0.15, -0.1) is 0 Å². The maximum Gasteiger partial charge on any atom is 0.257 e. The van der Waals surface area contributed by atoms with E-state index in [0.717, 1.165) is 25.7 Å². The van der Waals surface area contributed by atoms with E-state index in [1.165, 1.54) is 6.42 Å². The summed E-state index contributed by atoms with van der Waals surface area (Å²) in [6.45, 7) is 1.15. The van der Waals surface area contributed by atoms with Crippen LogP contribution in [0.15, 0.2) is 24.3 Å². The Hall–Kier alpha value is -2.04. The van der Waals surface area contributed by atoms with Crippen LogP contribution in [0.1, 0.15) is 42.5 Å². The number of carbonyl (C=O) groups excluding carboxylic acids is 2. The molecule has 4 rings (SSSR count). The van der Waals surface area contributed by atoms with Crippen molar-refractivity contribution in [3.05, 3.63) is 29.8 Å². The van der Waals surface area contributed by atoms with Crippen LogP contribution in [-0.2, 0) is 4.79 Å². The summed E-state index contributed by atoms with van der Waals surface area (Å²) in [7, 11) is 1.82. The Labute approximate surface area is 142 Å². The molecule has 0 aromatic heterocycles. The molecule has 1 aliphatic carbocycles. The van der Waals surface area contributed by atoms with Crippen molar-refractivity contribution in [1.29, 1.82) is 0 Å². The molecular weight excluding hydrogens is 304 g/mol. The summed E-state index contributed by atoms with van der Waals surface area (Å²) in [6, 6.07) is 7.31. The zero-order valence-corrected chi connectivity index (χ0v) is 14.1. The SMILES string of the molecule is CN1C(=O)c2ccccc2OC2CN(C(=O)C3CCCCC3)CC21. The molecule has 1 aromatic rings. The summed E-state index contributed by atoms with van der Waals surface area (Å²) in [5.74, 6) is 1.02. The lowest BCUT2D eigenvalue weighted by Crippen LogP contribution is -2.44. The van der Waals surface area contributed by atoms with Gasteiger partial charge in [-0.25, -0.2) is 0 Å². The lowest BCUT2D eigenvalue weighted by molar-refractivity contribution is -0.135. The molecule has 0 spiro atoms. The first-order valence-electron chi connectivity index (χ1n) is 8.97. The Morgan fingerprint density at radius 1 is 1.12 bits per heavy atom. The second kappa shape index (κ2) is 6.11. The second-order valence-corrected chi connectivity index (χ2v) is 7.21. The van der Waals surface area contributed by atoms with Gasteiger partial charge in [-0.2, -0.15) is 0 Å². The summed E-state index contributed by atoms with van der Waals surface area (Å²) in [5.41, 5.74) is 0.611. The van der Waals surface area contributed by atoms with E-state index in [1.807, 2.05) is 30.1 Å². The fourth-order valence-electron chi connectivity index (χ4n) is 4.28. The van der Waals surface area contributed by atoms with E-state index in [9.17, 15) is 9.59 Å². The third-order valence-electron chi connectivity index (χ3n) is 5.72. The van der Waals surface area contributed by atoms with Gasteiger partial charge in [0, 0.05) is 19.5 Å². The number of benzene rings is 1. The molecule has 5 nitrogen and oxygen atoms in total. The fraction of sp³-hybridized carbons (Fsp3) is 0.579. The topological polar surface area (TPSA) is 49.9 Å². The van der Waals surface area contributed by atoms with Gasteiger partial charge in [-0.1, -0.05) is 31.4 Å². The minimum absolute atomic E-state index is 0.0231. The van der Waals surface area contributed by atoms with E-state index in [0.29, 0.717) is 24.4 Å². The van der Waals surface area contributed by atoms with E-state index in [-0.39, 0.29) is 29.9 Å². The summed E-state index contributed by atoms with van der Waals surface area (Å²) < 4.78 is 6.13. The van der Waals surface area contributed by atoms with Crippen molar-refractivity contribution < 1.29 is 14.3 Å². The first-order valence-corrected chi connectivity index (χ1v) is 8.97. The van der Waals surface area contributed by atoms with E-state index in [1.54, 1.807) is 11.0 Å². The van der Waals surface area contributed by atoms with Crippen LogP contribution in [0, 0.1) is 5.92 Å². The van der Waals surface area contributed by atoms with Crippen molar-refractivity contribution >= 4 is 11.8 Å². The highest BCUT2D eigenvalue weighted by molar-refractivity contribution is 5.97. The molecule has 2 amide bonds. The normalized spacial score (nSPS) is 27.3. The highest BCUT2D eigenvalue weighted by Gasteiger charge is 2.44. The molecule has 1 aromatic carbocycles. The quantitative estimate of drug-likeness (QED) is 0.795. The molecule has 0 bridgehead atoms. The number of nitrogens with zero attached hydrogens (tertiary/aromatic N) is 2. The zero-order valence-electron chi connectivity index (χ0n) is 14.1. The largest absolute Gasteiger partial charge is 0.486 e. The smallest absolute Gasteiger partial charge is 0.257 e. The lowest BCUT2D eigenvalue weighted by Gasteiger charge is -2.27. The van der Waals surface area contributed by atoms with Gasteiger partial charge in [0.1, 0.15) is 11.9 Å². The molecule has 2 heterocycles. The van der Waals surface area contributed by atoms with Crippen LogP contribution < -0.4 is 4.74 Å². The van der Waals surface area contributed by atoms with Crippen LogP contribution in [-0.4, -0.2) is 53.9 Å². The summed E-state index contributed by atoms with van der Waals surface area (Å²) in [5, 5.41) is 0. The van der Waals surface area contributed by atoms with Crippen molar-refractivity contribution in [1.82, 2.24) is 9.80 Å². The number of carbonyl (C=O) groups is 2. The highest BCUT2D eigenvalue weighted by Crippen LogP contribution is 2.32. The van der Waals surface area contributed by atoms with Crippen molar-refractivity contribution in [2.45, 2.75) is 44.2 Å². The maximum absolute atomic E-state index is 12.8. The van der Waals surface area contributed by atoms with Gasteiger partial charge in [0.2, 0.25) is 5.91 Å². The minimum atomic E-state index is -0.143. The Kier molecular flexibility index (Phi) is 3.94. The molecule has 1 saturated heterocycles. The van der Waals surface area contributed by atoms with E-state index >= 15 is 0 Å². The van der Waals surface area contributed by atoms with Crippen LogP contribution in [0.25, 0.3) is 0 Å². The summed E-state index contributed by atoms with van der Waals surface area (Å²) in [6.07, 6.45) is 5.41. The number of hydrogen-bond donors (Lipinski definition) is 0. The number of amides is 2. The molecule has 2 aliphatic heterocycles. The average Bonchev–Trinajstić information content (AvgIpc) is 3.01. The molecule has 0 radical (unpaired) electrons. The standard InChI is InChI=1S/C19H24N2O3/c1-20-15-11-21(18(22)13-7-3-2-4-8-13)12-17(15)24-16-10-6-5-9-14(16)19(20)23/h5-6,9-10,13,15,17H,2-4,7-8,11-12H2,1H3. The van der Waals surface area contributed by atoms with Crippen LogP contribution >= 0.6 is 0 Å². The van der Waals surface area contributed by atoms with E-state index in [4.69, 9.17) is 4.74 Å². The first-order chi connectivity index (χ1) is 11.6. The van der Waals surface area contributed by atoms with Gasteiger partial charge >= 0.3 is 0 Å². The predicted molar refractivity (Wildman–Crippen MR) is 89.9 cm³/mol. The Morgan fingerprint density at radius 3 is 2.67 bits per heavy atom. The molecule has 128 valence electrons. The van der Waals surface area contributed by atoms with Crippen LogP contribution in [0.3, 0.4) is 0 Å². The number of ether oxygens (including phenoxy) is 1. The number of likely N-dealkylation sites (N-methyl/N-ethyl adjacent to an activating group) is 1. The van der Waals surface area contributed by atoms with Gasteiger partial charge < -0.3 is 14.5 Å². The van der Waals surface area contributed by atoms with Gasteiger partial charge in [-0.05, 0) is 25.0 Å². The van der Waals surface area contributed by atoms with Crippen LogP contribution in [0.4, 0.5) is 0 Å². The zero-order chi connectivity index (χ0) is 16.7. The van der Waals surface area contributed by atoms with Crippen molar-refractivity contribution in [3.8, 4) is 5.75 Å². The Balaban J connectivity index is 1.54. The summed E-state index contributed by atoms with van der Waals surface area (Å²) in [4.78, 5) is 29.2. The average molecular weight is 328 g/mol. The van der Waals surface area contributed by atoms with Crippen molar-refractivity contribution in [2.75, 3.05) is 20.1 Å². The highest BCUT2D eigenvalue weighted by atomic mass is 16.5. The third kappa shape index (κ3) is 2.56. The first kappa shape index (κ1) is 15.5. The molecule has 2 fully saturated rings. The molecule has 24 heavy (non-hydrogen) atoms. The van der Waals surface area contributed by atoms with E-state index in [2.05, 4.69) is 0 Å². The van der Waals surface area contributed by atoms with E-state index < -0.39 is 0 Å². The molecule has 5 heteroatoms. The van der Waals surface area contributed by atoms with Crippen molar-refractivity contribution in [3.63, 3.8) is 0 Å². The van der Waals surface area contributed by atoms with Crippen LogP contribution in [0.2, 0.25) is 0 Å². The predicted octanol–water partition coefficient (Wildman–Crippen LogP) is 2.31. The monoisotopic (exact) mass is 328 g/mol. The molecule has 0 N–H and O–H groups in total. The Morgan fingerprint density at radius 2 is 1.88 bits per heavy atom. The molecule has 2 unspecified atom stereocenters. The minimum Gasteiger partial charge on any atom is -0.486 e.